The van der Waals surface area contributed by atoms with Crippen molar-refractivity contribution >= 4 is 12.0 Å². The van der Waals surface area contributed by atoms with E-state index in [0.29, 0.717) is 44.7 Å². The Labute approximate surface area is 152 Å². The van der Waals surface area contributed by atoms with Gasteiger partial charge in [0.05, 0.1) is 12.6 Å². The van der Waals surface area contributed by atoms with Crippen molar-refractivity contribution in [1.82, 2.24) is 20.8 Å². The van der Waals surface area contributed by atoms with Crippen LogP contribution in [-0.2, 0) is 11.3 Å². The summed E-state index contributed by atoms with van der Waals surface area (Å²) in [5, 5.41) is 21.7. The summed E-state index contributed by atoms with van der Waals surface area (Å²) < 4.78 is 5.41. The lowest BCUT2D eigenvalue weighted by Crippen LogP contribution is -2.45. The van der Waals surface area contributed by atoms with Crippen LogP contribution in [0, 0.1) is 0 Å². The minimum atomic E-state index is -1.10. The van der Waals surface area contributed by atoms with Gasteiger partial charge in [-0.25, -0.2) is 9.59 Å². The van der Waals surface area contributed by atoms with Crippen LogP contribution in [0.15, 0.2) is 4.42 Å². The second kappa shape index (κ2) is 12.2. The summed E-state index contributed by atoms with van der Waals surface area (Å²) in [5.41, 5.74) is 16.8. The summed E-state index contributed by atoms with van der Waals surface area (Å²) in [6, 6.07) is -1.98. The maximum absolute atomic E-state index is 11.8. The van der Waals surface area contributed by atoms with Crippen molar-refractivity contribution in [3.63, 3.8) is 0 Å². The highest BCUT2D eigenvalue weighted by atomic mass is 16.4. The topological polar surface area (TPSA) is 195 Å². The molecule has 0 aliphatic carbocycles. The lowest BCUT2D eigenvalue weighted by Gasteiger charge is -2.14. The van der Waals surface area contributed by atoms with E-state index in [0.717, 1.165) is 12.8 Å². The second-order valence-corrected chi connectivity index (χ2v) is 5.93. The number of carbonyl (C=O) groups is 2. The summed E-state index contributed by atoms with van der Waals surface area (Å²) in [6.45, 7) is 1.06. The molecule has 0 aliphatic rings. The van der Waals surface area contributed by atoms with E-state index in [4.69, 9.17) is 26.7 Å². The van der Waals surface area contributed by atoms with E-state index < -0.39 is 18.0 Å². The standard InChI is InChI=1S/C15H29N7O4/c16-7-3-1-5-10(18)13-22-21-12(26-13)9-19-15(25)20-11(14(23)24)6-2-4-8-17/h10-11H,1-9,16-18H2,(H,23,24)(H2,19,20,25)/t10?,11-/m0/s1. The number of hydrogen-bond donors (Lipinski definition) is 6. The number of nitrogens with two attached hydrogens (primary N) is 3. The van der Waals surface area contributed by atoms with Crippen LogP contribution in [0.1, 0.15) is 56.3 Å². The third-order valence-corrected chi connectivity index (χ3v) is 3.72. The number of nitrogens with one attached hydrogen (secondary N) is 2. The predicted molar refractivity (Wildman–Crippen MR) is 93.8 cm³/mol. The van der Waals surface area contributed by atoms with Gasteiger partial charge in [-0.15, -0.1) is 10.2 Å². The smallest absolute Gasteiger partial charge is 0.326 e. The first-order valence-electron chi connectivity index (χ1n) is 8.73. The summed E-state index contributed by atoms with van der Waals surface area (Å²) in [7, 11) is 0. The largest absolute Gasteiger partial charge is 0.480 e. The van der Waals surface area contributed by atoms with E-state index in [9.17, 15) is 9.59 Å². The van der Waals surface area contributed by atoms with E-state index in [1.54, 1.807) is 0 Å². The molecule has 0 bridgehead atoms. The van der Waals surface area contributed by atoms with Crippen LogP contribution < -0.4 is 27.8 Å². The van der Waals surface area contributed by atoms with Crippen LogP contribution >= 0.6 is 0 Å². The van der Waals surface area contributed by atoms with Gasteiger partial charge in [-0.2, -0.15) is 0 Å². The van der Waals surface area contributed by atoms with Gasteiger partial charge in [0.25, 0.3) is 0 Å². The maximum Gasteiger partial charge on any atom is 0.326 e. The predicted octanol–water partition coefficient (Wildman–Crippen LogP) is -0.420. The van der Waals surface area contributed by atoms with Gasteiger partial charge in [-0.05, 0) is 45.2 Å². The Morgan fingerprint density at radius 3 is 2.35 bits per heavy atom. The molecule has 2 amide bonds. The molecule has 26 heavy (non-hydrogen) atoms. The number of nitrogens with zero attached hydrogens (tertiary/aromatic N) is 2. The highest BCUT2D eigenvalue weighted by molar-refractivity contribution is 5.82. The number of rotatable bonds is 13. The van der Waals surface area contributed by atoms with E-state index in [2.05, 4.69) is 20.8 Å². The van der Waals surface area contributed by atoms with Crippen molar-refractivity contribution in [2.45, 2.75) is 57.2 Å². The van der Waals surface area contributed by atoms with Gasteiger partial charge < -0.3 is 37.4 Å². The molecule has 1 aromatic rings. The zero-order valence-corrected chi connectivity index (χ0v) is 14.8. The Morgan fingerprint density at radius 1 is 1.08 bits per heavy atom. The van der Waals surface area contributed by atoms with Gasteiger partial charge in [0.15, 0.2) is 0 Å². The number of unbranched alkanes of at least 4 members (excludes halogenated alkanes) is 2. The molecule has 148 valence electrons. The molecule has 0 saturated heterocycles. The molecule has 0 aliphatic heterocycles. The first-order chi connectivity index (χ1) is 12.5. The Kier molecular flexibility index (Phi) is 10.2. The maximum atomic E-state index is 11.8. The number of hydrogen-bond acceptors (Lipinski definition) is 8. The van der Waals surface area contributed by atoms with Gasteiger partial charge >= 0.3 is 12.0 Å². The highest BCUT2D eigenvalue weighted by Gasteiger charge is 2.20. The lowest BCUT2D eigenvalue weighted by atomic mass is 10.1. The number of aromatic nitrogens is 2. The van der Waals surface area contributed by atoms with Gasteiger partial charge in [-0.1, -0.05) is 6.42 Å². The summed E-state index contributed by atoms with van der Waals surface area (Å²) in [4.78, 5) is 23.0. The fraction of sp³-hybridized carbons (Fsp3) is 0.733. The number of carboxylic acid groups (broad SMARTS) is 1. The molecule has 2 atom stereocenters. The van der Waals surface area contributed by atoms with Crippen LogP contribution in [0.3, 0.4) is 0 Å². The zero-order chi connectivity index (χ0) is 19.4. The Morgan fingerprint density at radius 2 is 1.73 bits per heavy atom. The van der Waals surface area contributed by atoms with Gasteiger partial charge in [-0.3, -0.25) is 0 Å². The Hall–Kier alpha value is -2.24. The number of urea groups is 1. The number of aliphatic carboxylic acids is 1. The molecule has 0 saturated carbocycles. The van der Waals surface area contributed by atoms with Crippen LogP contribution in [0.5, 0.6) is 0 Å². The molecule has 0 aromatic carbocycles. The monoisotopic (exact) mass is 371 g/mol. The van der Waals surface area contributed by atoms with Gasteiger partial charge in [0, 0.05) is 0 Å². The molecular formula is C15H29N7O4. The molecule has 0 fully saturated rings. The lowest BCUT2D eigenvalue weighted by molar-refractivity contribution is -0.139. The minimum Gasteiger partial charge on any atom is -0.480 e. The molecule has 11 heteroatoms. The zero-order valence-electron chi connectivity index (χ0n) is 14.8. The molecule has 0 radical (unpaired) electrons. The highest BCUT2D eigenvalue weighted by Crippen LogP contribution is 2.15. The van der Waals surface area contributed by atoms with Crippen molar-refractivity contribution < 1.29 is 19.1 Å². The van der Waals surface area contributed by atoms with Crippen molar-refractivity contribution in [2.24, 2.45) is 17.2 Å². The van der Waals surface area contributed by atoms with E-state index in [-0.39, 0.29) is 18.5 Å². The first kappa shape index (κ1) is 21.8. The minimum absolute atomic E-state index is 0.0243. The molecule has 1 aromatic heterocycles. The molecular weight excluding hydrogens is 342 g/mol. The Balaban J connectivity index is 2.40. The average Bonchev–Trinajstić information content (AvgIpc) is 3.08. The van der Waals surface area contributed by atoms with E-state index in [1.807, 2.05) is 0 Å². The van der Waals surface area contributed by atoms with Crippen LogP contribution in [-0.4, -0.2) is 46.4 Å². The second-order valence-electron chi connectivity index (χ2n) is 5.93. The summed E-state index contributed by atoms with van der Waals surface area (Å²) >= 11 is 0. The number of carbonyl (C=O) groups excluding carboxylic acids is 1. The third-order valence-electron chi connectivity index (χ3n) is 3.72. The molecule has 11 nitrogen and oxygen atoms in total. The summed E-state index contributed by atoms with van der Waals surface area (Å²) in [5.74, 6) is -0.607. The fourth-order valence-corrected chi connectivity index (χ4v) is 2.24. The molecule has 1 heterocycles. The van der Waals surface area contributed by atoms with Gasteiger partial charge in [0.2, 0.25) is 11.8 Å². The van der Waals surface area contributed by atoms with E-state index in [1.165, 1.54) is 0 Å². The van der Waals surface area contributed by atoms with Crippen molar-refractivity contribution in [3.8, 4) is 0 Å². The number of carboxylic acids is 1. The quantitative estimate of drug-likeness (QED) is 0.249. The van der Waals surface area contributed by atoms with Crippen LogP contribution in [0.25, 0.3) is 0 Å². The fourth-order valence-electron chi connectivity index (χ4n) is 2.24. The molecule has 9 N–H and O–H groups in total. The average molecular weight is 371 g/mol. The third kappa shape index (κ3) is 8.23. The Bertz CT molecular complexity index is 552. The summed E-state index contributed by atoms with van der Waals surface area (Å²) in [6.07, 6.45) is 4.02. The van der Waals surface area contributed by atoms with Crippen LogP contribution in [0.2, 0.25) is 0 Å². The molecule has 0 spiro atoms. The molecule has 1 rings (SSSR count). The van der Waals surface area contributed by atoms with Crippen molar-refractivity contribution in [2.75, 3.05) is 13.1 Å². The number of amides is 2. The van der Waals surface area contributed by atoms with E-state index >= 15 is 0 Å². The molecule has 1 unspecified atom stereocenters. The first-order valence-corrected chi connectivity index (χ1v) is 8.73. The van der Waals surface area contributed by atoms with Crippen LogP contribution in [0.4, 0.5) is 4.79 Å². The SMILES string of the molecule is NCCCCC(N)c1nnc(CNC(=O)N[C@@H](CCCCN)C(=O)O)o1. The van der Waals surface area contributed by atoms with Crippen molar-refractivity contribution in [1.29, 1.82) is 0 Å². The van der Waals surface area contributed by atoms with Gasteiger partial charge in [0.1, 0.15) is 6.04 Å². The normalized spacial score (nSPS) is 13.2. The van der Waals surface area contributed by atoms with Crippen molar-refractivity contribution in [3.05, 3.63) is 11.8 Å².